The molecular formula is C14H30. The van der Waals surface area contributed by atoms with Crippen LogP contribution in [0.15, 0.2) is 11.6 Å². The molecule has 0 N–H and O–H groups in total. The molecule has 0 unspecified atom stereocenters. The van der Waals surface area contributed by atoms with E-state index in [2.05, 4.69) is 61.5 Å². The fraction of sp³-hybridized carbons (Fsp3) is 0.857. The van der Waals surface area contributed by atoms with E-state index in [1.807, 2.05) is 0 Å². The second-order valence-corrected chi connectivity index (χ2v) is 6.34. The van der Waals surface area contributed by atoms with Crippen LogP contribution in [-0.4, -0.2) is 0 Å². The van der Waals surface area contributed by atoms with Crippen LogP contribution in [0.5, 0.6) is 0 Å². The van der Waals surface area contributed by atoms with Gasteiger partial charge in [0.15, 0.2) is 0 Å². The quantitative estimate of drug-likeness (QED) is 0.502. The molecule has 0 saturated carbocycles. The van der Waals surface area contributed by atoms with Crippen molar-refractivity contribution in [3.05, 3.63) is 11.6 Å². The van der Waals surface area contributed by atoms with Crippen molar-refractivity contribution < 1.29 is 0 Å². The van der Waals surface area contributed by atoms with Gasteiger partial charge in [0.2, 0.25) is 0 Å². The van der Waals surface area contributed by atoms with E-state index in [0.29, 0.717) is 16.7 Å². The van der Waals surface area contributed by atoms with Crippen molar-refractivity contribution in [2.24, 2.45) is 16.7 Å². The maximum atomic E-state index is 2.39. The standard InChI is InChI=1S/C13H26.CH4/c1-10(9-12(3,4)5)11(2)13(6,7)8;/h9,11H,1-8H3;1H4/b10-9+;/t11-;/m1./s1. The fourth-order valence-corrected chi connectivity index (χ4v) is 1.49. The van der Waals surface area contributed by atoms with Crippen molar-refractivity contribution in [2.75, 3.05) is 0 Å². The summed E-state index contributed by atoms with van der Waals surface area (Å²) in [6.07, 6.45) is 2.39. The molecule has 0 aliphatic heterocycles. The summed E-state index contributed by atoms with van der Waals surface area (Å²) in [5.41, 5.74) is 2.20. The summed E-state index contributed by atoms with van der Waals surface area (Å²) in [5.74, 6) is 0.659. The molecule has 0 aromatic rings. The number of rotatable bonds is 1. The predicted molar refractivity (Wildman–Crippen MR) is 68.6 cm³/mol. The molecule has 0 aliphatic rings. The van der Waals surface area contributed by atoms with Crippen LogP contribution in [0.2, 0.25) is 0 Å². The first-order valence-corrected chi connectivity index (χ1v) is 5.23. The van der Waals surface area contributed by atoms with E-state index in [4.69, 9.17) is 0 Å². The highest BCUT2D eigenvalue weighted by Gasteiger charge is 2.22. The molecule has 0 spiro atoms. The molecule has 0 heteroatoms. The van der Waals surface area contributed by atoms with Crippen LogP contribution in [0.25, 0.3) is 0 Å². The van der Waals surface area contributed by atoms with Crippen LogP contribution < -0.4 is 0 Å². The molecule has 0 saturated heterocycles. The summed E-state index contributed by atoms with van der Waals surface area (Å²) in [6.45, 7) is 18.2. The van der Waals surface area contributed by atoms with Gasteiger partial charge >= 0.3 is 0 Å². The molecule has 0 bridgehead atoms. The Bertz CT molecular complexity index is 183. The summed E-state index contributed by atoms with van der Waals surface area (Å²) in [4.78, 5) is 0. The Hall–Kier alpha value is -0.260. The van der Waals surface area contributed by atoms with E-state index in [0.717, 1.165) is 0 Å². The smallest absolute Gasteiger partial charge is 0.0185 e. The summed E-state index contributed by atoms with van der Waals surface area (Å²) in [6, 6.07) is 0. The van der Waals surface area contributed by atoms with Crippen LogP contribution in [0, 0.1) is 16.7 Å². The Balaban J connectivity index is 0. The Kier molecular flexibility index (Phi) is 5.78. The van der Waals surface area contributed by atoms with Crippen molar-refractivity contribution in [1.29, 1.82) is 0 Å². The summed E-state index contributed by atoms with van der Waals surface area (Å²) < 4.78 is 0. The van der Waals surface area contributed by atoms with Crippen LogP contribution in [0.3, 0.4) is 0 Å². The Morgan fingerprint density at radius 1 is 1.00 bits per heavy atom. The third kappa shape index (κ3) is 6.23. The highest BCUT2D eigenvalue weighted by atomic mass is 14.3. The number of allylic oxidation sites excluding steroid dienone is 2. The van der Waals surface area contributed by atoms with Crippen molar-refractivity contribution >= 4 is 0 Å². The molecule has 0 amide bonds. The topological polar surface area (TPSA) is 0 Å². The van der Waals surface area contributed by atoms with Crippen LogP contribution in [-0.2, 0) is 0 Å². The van der Waals surface area contributed by atoms with Gasteiger partial charge in [-0.05, 0) is 23.7 Å². The monoisotopic (exact) mass is 198 g/mol. The molecule has 0 radical (unpaired) electrons. The normalized spacial score (nSPS) is 16.1. The van der Waals surface area contributed by atoms with Gasteiger partial charge < -0.3 is 0 Å². The lowest BCUT2D eigenvalue weighted by atomic mass is 9.76. The molecule has 0 aliphatic carbocycles. The van der Waals surface area contributed by atoms with Crippen LogP contribution in [0.1, 0.15) is 62.8 Å². The van der Waals surface area contributed by atoms with Gasteiger partial charge in [-0.15, -0.1) is 0 Å². The zero-order chi connectivity index (χ0) is 10.9. The average molecular weight is 198 g/mol. The van der Waals surface area contributed by atoms with E-state index in [1.165, 1.54) is 5.57 Å². The van der Waals surface area contributed by atoms with Crippen molar-refractivity contribution in [3.63, 3.8) is 0 Å². The highest BCUT2D eigenvalue weighted by molar-refractivity contribution is 5.09. The molecule has 0 aromatic heterocycles. The average Bonchev–Trinajstić information content (AvgIpc) is 1.79. The molecule has 14 heavy (non-hydrogen) atoms. The van der Waals surface area contributed by atoms with Crippen LogP contribution >= 0.6 is 0 Å². The maximum absolute atomic E-state index is 2.39. The third-order valence-electron chi connectivity index (χ3n) is 2.64. The minimum absolute atomic E-state index is 0. The van der Waals surface area contributed by atoms with Gasteiger partial charge in [-0.25, -0.2) is 0 Å². The highest BCUT2D eigenvalue weighted by Crippen LogP contribution is 2.33. The summed E-state index contributed by atoms with van der Waals surface area (Å²) >= 11 is 0. The van der Waals surface area contributed by atoms with E-state index in [-0.39, 0.29) is 7.43 Å². The molecule has 0 rings (SSSR count). The third-order valence-corrected chi connectivity index (χ3v) is 2.64. The zero-order valence-electron chi connectivity index (χ0n) is 10.7. The van der Waals surface area contributed by atoms with Gasteiger partial charge in [0, 0.05) is 0 Å². The Labute approximate surface area is 91.8 Å². The lowest BCUT2D eigenvalue weighted by Crippen LogP contribution is -2.19. The summed E-state index contributed by atoms with van der Waals surface area (Å²) in [7, 11) is 0. The molecular weight excluding hydrogens is 168 g/mol. The first-order valence-electron chi connectivity index (χ1n) is 5.23. The van der Waals surface area contributed by atoms with E-state index < -0.39 is 0 Å². The second kappa shape index (κ2) is 5.00. The van der Waals surface area contributed by atoms with Gasteiger partial charge in [-0.1, -0.05) is 67.5 Å². The SMILES string of the molecule is C.C/C(=C\C(C)(C)C)[C@@H](C)C(C)(C)C. The molecule has 0 fully saturated rings. The molecule has 0 heterocycles. The summed E-state index contributed by atoms with van der Waals surface area (Å²) in [5, 5.41) is 0. The van der Waals surface area contributed by atoms with Gasteiger partial charge in [-0.2, -0.15) is 0 Å². The zero-order valence-corrected chi connectivity index (χ0v) is 10.7. The van der Waals surface area contributed by atoms with E-state index in [1.54, 1.807) is 0 Å². The predicted octanol–water partition coefficient (Wildman–Crippen LogP) is 5.30. The van der Waals surface area contributed by atoms with Crippen LogP contribution in [0.4, 0.5) is 0 Å². The van der Waals surface area contributed by atoms with Gasteiger partial charge in [-0.3, -0.25) is 0 Å². The molecule has 86 valence electrons. The fourth-order valence-electron chi connectivity index (χ4n) is 1.49. The molecule has 0 aromatic carbocycles. The van der Waals surface area contributed by atoms with Gasteiger partial charge in [0.25, 0.3) is 0 Å². The van der Waals surface area contributed by atoms with Crippen molar-refractivity contribution in [1.82, 2.24) is 0 Å². The Morgan fingerprint density at radius 3 is 1.57 bits per heavy atom. The minimum Gasteiger partial charge on any atom is -0.0799 e. The first-order chi connectivity index (χ1) is 5.54. The van der Waals surface area contributed by atoms with Gasteiger partial charge in [0.1, 0.15) is 0 Å². The molecule has 0 nitrogen and oxygen atoms in total. The van der Waals surface area contributed by atoms with Crippen molar-refractivity contribution in [2.45, 2.75) is 62.8 Å². The maximum Gasteiger partial charge on any atom is -0.0185 e. The second-order valence-electron chi connectivity index (χ2n) is 6.34. The first kappa shape index (κ1) is 16.2. The van der Waals surface area contributed by atoms with E-state index >= 15 is 0 Å². The number of hydrogen-bond acceptors (Lipinski definition) is 0. The number of hydrogen-bond donors (Lipinski definition) is 0. The van der Waals surface area contributed by atoms with Gasteiger partial charge in [0.05, 0.1) is 0 Å². The lowest BCUT2D eigenvalue weighted by Gasteiger charge is -2.29. The Morgan fingerprint density at radius 2 is 1.36 bits per heavy atom. The largest absolute Gasteiger partial charge is 0.0799 e. The lowest BCUT2D eigenvalue weighted by molar-refractivity contribution is 0.297. The minimum atomic E-state index is 0. The van der Waals surface area contributed by atoms with E-state index in [9.17, 15) is 0 Å². The van der Waals surface area contributed by atoms with Crippen molar-refractivity contribution in [3.8, 4) is 0 Å². The molecule has 1 atom stereocenters.